The summed E-state index contributed by atoms with van der Waals surface area (Å²) in [5.41, 5.74) is 1.79. The van der Waals surface area contributed by atoms with Crippen molar-refractivity contribution in [1.29, 1.82) is 0 Å². The molecule has 3 rings (SSSR count). The standard InChI is InChI=1S/C21H24O7/c1-12(22)10-26-16-9-18-17(27-11-28-18)8-15(16)13(2)14-6-19(23-3)21(25-5)20(7-14)24-4/h6-9,13H,10-11H2,1-5H3/t13-/m1/s1. The number of carbonyl (C=O) groups is 1. The maximum atomic E-state index is 11.4. The third-order valence-corrected chi connectivity index (χ3v) is 4.59. The molecule has 0 N–H and O–H groups in total. The van der Waals surface area contributed by atoms with Gasteiger partial charge < -0.3 is 28.4 Å². The molecule has 2 aromatic carbocycles. The molecule has 0 aromatic heterocycles. The van der Waals surface area contributed by atoms with Crippen LogP contribution in [0.5, 0.6) is 34.5 Å². The van der Waals surface area contributed by atoms with E-state index in [1.807, 2.05) is 25.1 Å². The van der Waals surface area contributed by atoms with E-state index in [9.17, 15) is 4.79 Å². The van der Waals surface area contributed by atoms with Crippen LogP contribution in [0.25, 0.3) is 0 Å². The summed E-state index contributed by atoms with van der Waals surface area (Å²) in [4.78, 5) is 11.4. The molecule has 28 heavy (non-hydrogen) atoms. The molecule has 1 aliphatic rings. The van der Waals surface area contributed by atoms with Gasteiger partial charge in [-0.3, -0.25) is 4.79 Å². The Morgan fingerprint density at radius 3 is 2.11 bits per heavy atom. The second-order valence-electron chi connectivity index (χ2n) is 6.41. The van der Waals surface area contributed by atoms with Crippen molar-refractivity contribution in [3.63, 3.8) is 0 Å². The van der Waals surface area contributed by atoms with Gasteiger partial charge in [0, 0.05) is 17.5 Å². The van der Waals surface area contributed by atoms with Crippen molar-refractivity contribution in [2.75, 3.05) is 34.7 Å². The van der Waals surface area contributed by atoms with Gasteiger partial charge in [0.2, 0.25) is 12.5 Å². The molecule has 0 amide bonds. The molecule has 150 valence electrons. The van der Waals surface area contributed by atoms with Crippen LogP contribution < -0.4 is 28.4 Å². The zero-order chi connectivity index (χ0) is 20.3. The molecular formula is C21H24O7. The highest BCUT2D eigenvalue weighted by atomic mass is 16.7. The quantitative estimate of drug-likeness (QED) is 0.685. The van der Waals surface area contributed by atoms with Gasteiger partial charge >= 0.3 is 0 Å². The first-order valence-corrected chi connectivity index (χ1v) is 8.84. The lowest BCUT2D eigenvalue weighted by molar-refractivity contribution is -0.118. The van der Waals surface area contributed by atoms with Crippen LogP contribution in [0, 0.1) is 0 Å². The zero-order valence-electron chi connectivity index (χ0n) is 16.7. The number of methoxy groups -OCH3 is 3. The highest BCUT2D eigenvalue weighted by Gasteiger charge is 2.24. The first-order valence-electron chi connectivity index (χ1n) is 8.84. The van der Waals surface area contributed by atoms with E-state index in [2.05, 4.69) is 0 Å². The summed E-state index contributed by atoms with van der Waals surface area (Å²) in [5, 5.41) is 0. The van der Waals surface area contributed by atoms with E-state index in [4.69, 9.17) is 28.4 Å². The van der Waals surface area contributed by atoms with Crippen LogP contribution in [0.1, 0.15) is 30.9 Å². The summed E-state index contributed by atoms with van der Waals surface area (Å²) < 4.78 is 33.0. The van der Waals surface area contributed by atoms with Crippen molar-refractivity contribution in [3.05, 3.63) is 35.4 Å². The Kier molecular flexibility index (Phi) is 5.82. The molecule has 1 aliphatic heterocycles. The average Bonchev–Trinajstić information content (AvgIpc) is 3.17. The minimum absolute atomic E-state index is 0.0192. The summed E-state index contributed by atoms with van der Waals surface area (Å²) >= 11 is 0. The monoisotopic (exact) mass is 388 g/mol. The van der Waals surface area contributed by atoms with E-state index in [1.54, 1.807) is 27.4 Å². The van der Waals surface area contributed by atoms with Crippen LogP contribution in [0.15, 0.2) is 24.3 Å². The minimum Gasteiger partial charge on any atom is -0.493 e. The van der Waals surface area contributed by atoms with Gasteiger partial charge in [-0.15, -0.1) is 0 Å². The van der Waals surface area contributed by atoms with E-state index in [0.29, 0.717) is 34.5 Å². The molecule has 0 spiro atoms. The van der Waals surface area contributed by atoms with Crippen LogP contribution in [0.4, 0.5) is 0 Å². The van der Waals surface area contributed by atoms with Crippen molar-refractivity contribution in [3.8, 4) is 34.5 Å². The second kappa shape index (κ2) is 8.29. The largest absolute Gasteiger partial charge is 0.493 e. The Labute approximate surface area is 164 Å². The third kappa shape index (κ3) is 3.78. The average molecular weight is 388 g/mol. The number of rotatable bonds is 8. The second-order valence-corrected chi connectivity index (χ2v) is 6.41. The highest BCUT2D eigenvalue weighted by Crippen LogP contribution is 2.45. The molecule has 0 radical (unpaired) electrons. The van der Waals surface area contributed by atoms with E-state index < -0.39 is 0 Å². The molecule has 0 saturated heterocycles. The zero-order valence-corrected chi connectivity index (χ0v) is 16.7. The number of fused-ring (bicyclic) bond motifs is 1. The molecule has 0 fully saturated rings. The fraction of sp³-hybridized carbons (Fsp3) is 0.381. The summed E-state index contributed by atoms with van der Waals surface area (Å²) in [7, 11) is 4.72. The molecule has 0 unspecified atom stereocenters. The number of Topliss-reactive ketones (excluding diaryl/α,β-unsaturated/α-hetero) is 1. The van der Waals surface area contributed by atoms with Crippen LogP contribution in [0.2, 0.25) is 0 Å². The Morgan fingerprint density at radius 2 is 1.57 bits per heavy atom. The fourth-order valence-corrected chi connectivity index (χ4v) is 3.11. The van der Waals surface area contributed by atoms with Crippen molar-refractivity contribution < 1.29 is 33.2 Å². The predicted molar refractivity (Wildman–Crippen MR) is 102 cm³/mol. The maximum Gasteiger partial charge on any atom is 0.231 e. The van der Waals surface area contributed by atoms with Crippen molar-refractivity contribution >= 4 is 5.78 Å². The summed E-state index contributed by atoms with van der Waals surface area (Å²) in [6.45, 7) is 3.65. The lowest BCUT2D eigenvalue weighted by atomic mass is 9.91. The van der Waals surface area contributed by atoms with E-state index in [0.717, 1.165) is 11.1 Å². The number of hydrogen-bond donors (Lipinski definition) is 0. The van der Waals surface area contributed by atoms with Crippen LogP contribution >= 0.6 is 0 Å². The molecule has 1 atom stereocenters. The molecule has 0 aliphatic carbocycles. The lowest BCUT2D eigenvalue weighted by Crippen LogP contribution is -2.09. The molecule has 0 saturated carbocycles. The predicted octanol–water partition coefficient (Wildman–Crippen LogP) is 3.56. The van der Waals surface area contributed by atoms with E-state index in [1.165, 1.54) is 6.92 Å². The Hall–Kier alpha value is -3.09. The van der Waals surface area contributed by atoms with Gasteiger partial charge in [-0.05, 0) is 30.7 Å². The highest BCUT2D eigenvalue weighted by molar-refractivity contribution is 5.77. The molecule has 7 heteroatoms. The van der Waals surface area contributed by atoms with Gasteiger partial charge in [0.05, 0.1) is 21.3 Å². The SMILES string of the molecule is COc1cc([C@@H](C)c2cc3c(cc2OCC(C)=O)OCO3)cc(OC)c1OC. The first kappa shape index (κ1) is 19.7. The number of hydrogen-bond acceptors (Lipinski definition) is 7. The Bertz CT molecular complexity index is 850. The van der Waals surface area contributed by atoms with Gasteiger partial charge in [0.1, 0.15) is 12.4 Å². The van der Waals surface area contributed by atoms with E-state index >= 15 is 0 Å². The number of carbonyl (C=O) groups excluding carboxylic acids is 1. The molecular weight excluding hydrogens is 364 g/mol. The first-order chi connectivity index (χ1) is 13.5. The topological polar surface area (TPSA) is 72.5 Å². The summed E-state index contributed by atoms with van der Waals surface area (Å²) in [6.07, 6.45) is 0. The number of ether oxygens (including phenoxy) is 6. The summed E-state index contributed by atoms with van der Waals surface area (Å²) in [6, 6.07) is 7.43. The van der Waals surface area contributed by atoms with Gasteiger partial charge in [-0.25, -0.2) is 0 Å². The maximum absolute atomic E-state index is 11.4. The Balaban J connectivity index is 2.06. The van der Waals surface area contributed by atoms with Gasteiger partial charge in [0.25, 0.3) is 0 Å². The lowest BCUT2D eigenvalue weighted by Gasteiger charge is -2.20. The van der Waals surface area contributed by atoms with Crippen molar-refractivity contribution in [1.82, 2.24) is 0 Å². The molecule has 1 heterocycles. The van der Waals surface area contributed by atoms with E-state index in [-0.39, 0.29) is 25.1 Å². The van der Waals surface area contributed by atoms with Gasteiger partial charge in [-0.1, -0.05) is 6.92 Å². The molecule has 7 nitrogen and oxygen atoms in total. The molecule has 0 bridgehead atoms. The number of benzene rings is 2. The van der Waals surface area contributed by atoms with Crippen molar-refractivity contribution in [2.45, 2.75) is 19.8 Å². The van der Waals surface area contributed by atoms with Gasteiger partial charge in [-0.2, -0.15) is 0 Å². The van der Waals surface area contributed by atoms with Gasteiger partial charge in [0.15, 0.2) is 28.8 Å². The number of ketones is 1. The summed E-state index contributed by atoms with van der Waals surface area (Å²) in [5.74, 6) is 3.30. The fourth-order valence-electron chi connectivity index (χ4n) is 3.11. The van der Waals surface area contributed by atoms with Crippen LogP contribution in [-0.4, -0.2) is 40.5 Å². The third-order valence-electron chi connectivity index (χ3n) is 4.59. The molecule has 2 aromatic rings. The van der Waals surface area contributed by atoms with Crippen molar-refractivity contribution in [2.24, 2.45) is 0 Å². The van der Waals surface area contributed by atoms with Crippen LogP contribution in [0.3, 0.4) is 0 Å². The Morgan fingerprint density at radius 1 is 0.964 bits per heavy atom. The smallest absolute Gasteiger partial charge is 0.231 e. The minimum atomic E-state index is -0.106. The normalized spacial score (nSPS) is 13.0. The van der Waals surface area contributed by atoms with Crippen LogP contribution in [-0.2, 0) is 4.79 Å².